The highest BCUT2D eigenvalue weighted by Gasteiger charge is 2.54. The molecule has 1 saturated heterocycles. The van der Waals surface area contributed by atoms with Gasteiger partial charge in [0.1, 0.15) is 23.4 Å². The monoisotopic (exact) mass is 221 g/mol. The van der Waals surface area contributed by atoms with Gasteiger partial charge in [-0.15, -0.1) is 0 Å². The van der Waals surface area contributed by atoms with Crippen molar-refractivity contribution in [2.24, 2.45) is 5.41 Å². The molecule has 0 aliphatic carbocycles. The van der Waals surface area contributed by atoms with Crippen molar-refractivity contribution in [3.05, 3.63) is 0 Å². The van der Waals surface area contributed by atoms with Crippen molar-refractivity contribution in [2.75, 3.05) is 6.61 Å². The number of carbonyl (C=O) groups is 1. The lowest BCUT2D eigenvalue weighted by molar-refractivity contribution is -0.292. The average Bonchev–Trinajstić information content (AvgIpc) is 2.20. The largest absolute Gasteiger partial charge is 0.394 e. The smallest absolute Gasteiger partial charge is 0.170 e. The molecular formula is C9H16O6. The molecule has 1 aliphatic rings. The molecule has 1 unspecified atom stereocenters. The first-order valence-electron chi connectivity index (χ1n) is 5.06. The van der Waals surface area contributed by atoms with E-state index in [0.29, 0.717) is 0 Å². The third kappa shape index (κ3) is 1.79. The summed E-state index contributed by atoms with van der Waals surface area (Å²) in [4.78, 5) is 11.4. The summed E-state index contributed by atoms with van der Waals surface area (Å²) in [6, 6.07) is 0. The molecule has 0 saturated carbocycles. The van der Waals surface area contributed by atoms with E-state index in [2.05, 4.69) is 0 Å². The number of ether oxygens (including phenoxy) is 1. The molecule has 0 radical (unpaired) electrons. The molecule has 4 N–H and O–H groups in total. The number of rotatable bonds is 2. The van der Waals surface area contributed by atoms with Crippen LogP contribution in [0.3, 0.4) is 0 Å². The normalized spacial score (nSPS) is 52.4. The van der Waals surface area contributed by atoms with Crippen LogP contribution in [-0.2, 0) is 9.53 Å². The highest BCUT2D eigenvalue weighted by atomic mass is 16.6. The Morgan fingerprint density at radius 1 is 1.53 bits per heavy atom. The van der Waals surface area contributed by atoms with Gasteiger partial charge in [0.05, 0.1) is 14.1 Å². The lowest BCUT2D eigenvalue weighted by Crippen LogP contribution is -2.63. The molecule has 88 valence electrons. The number of hydrogen-bond donors (Lipinski definition) is 4. The molecule has 0 spiro atoms. The van der Waals surface area contributed by atoms with E-state index in [-0.39, 0.29) is 0 Å². The molecule has 0 aromatic rings. The second-order valence-corrected chi connectivity index (χ2v) is 3.84. The molecule has 1 heterocycles. The van der Waals surface area contributed by atoms with E-state index in [1.807, 2.05) is 0 Å². The summed E-state index contributed by atoms with van der Waals surface area (Å²) < 4.78 is 12.2. The van der Waals surface area contributed by atoms with Crippen LogP contribution in [0.4, 0.5) is 0 Å². The van der Waals surface area contributed by atoms with Gasteiger partial charge < -0.3 is 25.2 Å². The standard InChI is InChI=1S/C9H16O6/c1-4(11)9(2)7(13)6(12)5(3-10)15-8(9)14/h5-8,10,12-14H,3H2,1-2H3/t5-,6+,7+,8?,9-/m1/s1/i8D. The van der Waals surface area contributed by atoms with Crippen molar-refractivity contribution in [1.29, 1.82) is 0 Å². The highest BCUT2D eigenvalue weighted by Crippen LogP contribution is 2.36. The van der Waals surface area contributed by atoms with Crippen LogP contribution in [0.2, 0.25) is 0 Å². The third-order valence-corrected chi connectivity index (χ3v) is 2.91. The minimum absolute atomic E-state index is 0.673. The molecule has 6 heteroatoms. The summed E-state index contributed by atoms with van der Waals surface area (Å²) in [7, 11) is 0. The van der Waals surface area contributed by atoms with Gasteiger partial charge in [-0.1, -0.05) is 0 Å². The lowest BCUT2D eigenvalue weighted by Gasteiger charge is -2.45. The Morgan fingerprint density at radius 2 is 2.07 bits per heavy atom. The summed E-state index contributed by atoms with van der Waals surface area (Å²) in [5, 5.41) is 37.9. The van der Waals surface area contributed by atoms with E-state index in [4.69, 9.17) is 11.2 Å². The maximum atomic E-state index is 11.4. The SMILES string of the molecule is [2H]C1(O)O[C@H](CO)[C@H](O)[C@H](O)[C@@]1(C)C(C)=O. The fourth-order valence-electron chi connectivity index (χ4n) is 1.51. The average molecular weight is 221 g/mol. The van der Waals surface area contributed by atoms with Crippen LogP contribution in [-0.4, -0.2) is 57.4 Å². The van der Waals surface area contributed by atoms with Crippen molar-refractivity contribution < 1.29 is 31.3 Å². The molecule has 15 heavy (non-hydrogen) atoms. The Labute approximate surface area is 88.5 Å². The van der Waals surface area contributed by atoms with Crippen LogP contribution < -0.4 is 0 Å². The van der Waals surface area contributed by atoms with Crippen LogP contribution in [0, 0.1) is 5.41 Å². The lowest BCUT2D eigenvalue weighted by atomic mass is 9.74. The molecule has 5 atom stereocenters. The first kappa shape index (κ1) is 11.0. The summed E-state index contributed by atoms with van der Waals surface area (Å²) in [6.07, 6.45) is -7.21. The zero-order valence-corrected chi connectivity index (χ0v) is 8.54. The van der Waals surface area contributed by atoms with Gasteiger partial charge in [0, 0.05) is 0 Å². The van der Waals surface area contributed by atoms with Gasteiger partial charge >= 0.3 is 0 Å². The molecule has 0 bridgehead atoms. The Morgan fingerprint density at radius 3 is 2.47 bits per heavy atom. The maximum absolute atomic E-state index is 11.4. The van der Waals surface area contributed by atoms with Crippen molar-refractivity contribution in [1.82, 2.24) is 0 Å². The topological polar surface area (TPSA) is 107 Å². The second kappa shape index (κ2) is 4.15. The number of ketones is 1. The van der Waals surface area contributed by atoms with Gasteiger partial charge in [-0.05, 0) is 13.8 Å². The minimum Gasteiger partial charge on any atom is -0.394 e. The van der Waals surface area contributed by atoms with Crippen LogP contribution in [0.5, 0.6) is 0 Å². The molecule has 1 fully saturated rings. The number of aliphatic hydroxyl groups excluding tert-OH is 3. The van der Waals surface area contributed by atoms with Crippen molar-refractivity contribution in [2.45, 2.75) is 38.4 Å². The summed E-state index contributed by atoms with van der Waals surface area (Å²) in [5.41, 5.74) is -1.96. The van der Waals surface area contributed by atoms with E-state index in [1.54, 1.807) is 0 Å². The van der Waals surface area contributed by atoms with Gasteiger partial charge in [0.25, 0.3) is 0 Å². The molecule has 1 rings (SSSR count). The van der Waals surface area contributed by atoms with E-state index < -0.39 is 42.4 Å². The Balaban J connectivity index is 3.15. The predicted octanol–water partition coefficient (Wildman–Crippen LogP) is -1.99. The first-order valence-corrected chi connectivity index (χ1v) is 4.56. The van der Waals surface area contributed by atoms with Crippen LogP contribution in [0.1, 0.15) is 15.2 Å². The quantitative estimate of drug-likeness (QED) is 0.430. The highest BCUT2D eigenvalue weighted by molar-refractivity contribution is 5.83. The number of Topliss-reactive ketones (excluding diaryl/α,β-unsaturated/α-hetero) is 1. The van der Waals surface area contributed by atoms with Gasteiger partial charge in [-0.3, -0.25) is 4.79 Å². The summed E-state index contributed by atoms with van der Waals surface area (Å²) in [6.45, 7) is 1.54. The molecule has 1 aliphatic heterocycles. The zero-order chi connectivity index (χ0) is 12.7. The van der Waals surface area contributed by atoms with E-state index >= 15 is 0 Å². The minimum atomic E-state index is -2.69. The number of hydrogen-bond acceptors (Lipinski definition) is 6. The van der Waals surface area contributed by atoms with Gasteiger partial charge in [0.2, 0.25) is 0 Å². The van der Waals surface area contributed by atoms with E-state index in [9.17, 15) is 20.1 Å². The Kier molecular flexibility index (Phi) is 3.03. The third-order valence-electron chi connectivity index (χ3n) is 2.91. The van der Waals surface area contributed by atoms with Crippen LogP contribution in [0.15, 0.2) is 0 Å². The van der Waals surface area contributed by atoms with Crippen molar-refractivity contribution in [3.8, 4) is 0 Å². The fraction of sp³-hybridized carbons (Fsp3) is 0.889. The molecule has 0 aromatic carbocycles. The fourth-order valence-corrected chi connectivity index (χ4v) is 1.51. The summed E-state index contributed by atoms with van der Waals surface area (Å²) >= 11 is 0. The first-order chi connectivity index (χ1) is 7.18. The van der Waals surface area contributed by atoms with Crippen molar-refractivity contribution >= 4 is 5.78 Å². The predicted molar refractivity (Wildman–Crippen MR) is 48.8 cm³/mol. The van der Waals surface area contributed by atoms with Crippen LogP contribution >= 0.6 is 0 Å². The molecule has 0 aromatic heterocycles. The van der Waals surface area contributed by atoms with Crippen molar-refractivity contribution in [3.63, 3.8) is 0 Å². The Bertz CT molecular complexity index is 294. The number of aliphatic hydroxyl groups is 4. The van der Waals surface area contributed by atoms with Gasteiger partial charge in [0.15, 0.2) is 6.27 Å². The van der Waals surface area contributed by atoms with Gasteiger partial charge in [-0.2, -0.15) is 0 Å². The molecule has 6 nitrogen and oxygen atoms in total. The second-order valence-electron chi connectivity index (χ2n) is 3.84. The molecular weight excluding hydrogens is 204 g/mol. The number of carbonyl (C=O) groups excluding carboxylic acids is 1. The van der Waals surface area contributed by atoms with E-state index in [1.165, 1.54) is 0 Å². The Hall–Kier alpha value is -0.530. The zero-order valence-electron chi connectivity index (χ0n) is 9.54. The maximum Gasteiger partial charge on any atom is 0.170 e. The van der Waals surface area contributed by atoms with E-state index in [0.717, 1.165) is 13.8 Å². The molecule has 0 amide bonds. The van der Waals surface area contributed by atoms with Crippen LogP contribution in [0.25, 0.3) is 0 Å². The summed E-state index contributed by atoms with van der Waals surface area (Å²) in [5.74, 6) is -0.687. The van der Waals surface area contributed by atoms with Gasteiger partial charge in [-0.25, -0.2) is 0 Å².